The van der Waals surface area contributed by atoms with Gasteiger partial charge in [-0.2, -0.15) is 0 Å². The van der Waals surface area contributed by atoms with Crippen molar-refractivity contribution in [1.82, 2.24) is 12.3 Å². The third-order valence-electron chi connectivity index (χ3n) is 0. The Labute approximate surface area is 69.5 Å². The van der Waals surface area contributed by atoms with Gasteiger partial charge in [-0.05, 0) is 0 Å². The molecule has 0 atom stereocenters. The van der Waals surface area contributed by atoms with Crippen LogP contribution in [0.1, 0.15) is 13.8 Å². The quantitative estimate of drug-likeness (QED) is 0.234. The normalized spacial score (nSPS) is 4.67. The van der Waals surface area contributed by atoms with Gasteiger partial charge in [0.05, 0.1) is 0 Å². The van der Waals surface area contributed by atoms with Crippen molar-refractivity contribution in [3.8, 4) is 0 Å². The van der Waals surface area contributed by atoms with Crippen LogP contribution in [-0.2, 0) is 9.59 Å². The average molecular weight is 188 g/mol. The van der Waals surface area contributed by atoms with Crippen LogP contribution < -0.4 is 12.3 Å². The number of carboxylic acid groups (broad SMARTS) is 2. The first-order valence-electron chi connectivity index (χ1n) is 2.06. The first kappa shape index (κ1) is 30.9. The van der Waals surface area contributed by atoms with Crippen molar-refractivity contribution < 1.29 is 30.3 Å². The van der Waals surface area contributed by atoms with E-state index in [1.807, 2.05) is 0 Å². The van der Waals surface area contributed by atoms with Crippen LogP contribution in [0.2, 0.25) is 0 Å². The van der Waals surface area contributed by atoms with E-state index in [2.05, 4.69) is 0 Å². The molecule has 0 saturated carbocycles. The third kappa shape index (κ3) is 357. The number of rotatable bonds is 0. The zero-order valence-electron chi connectivity index (χ0n) is 7.02. The van der Waals surface area contributed by atoms with E-state index in [4.69, 9.17) is 30.3 Å². The topological polar surface area (TPSA) is 185 Å². The maximum atomic E-state index is 9.00. The van der Waals surface area contributed by atoms with Crippen LogP contribution >= 0.6 is 0 Å². The van der Waals surface area contributed by atoms with Crippen LogP contribution in [0.3, 0.4) is 0 Å². The monoisotopic (exact) mass is 188 g/mol. The van der Waals surface area contributed by atoms with E-state index in [1.54, 1.807) is 0 Å². The lowest BCUT2D eigenvalue weighted by atomic mass is 10.9. The highest BCUT2D eigenvalue weighted by Gasteiger charge is 1.65. The summed E-state index contributed by atoms with van der Waals surface area (Å²) in [7, 11) is 0. The largest absolute Gasteiger partial charge is 0.481 e. The predicted octanol–water partition coefficient (Wildman–Crippen LogP) is 0.523. The summed E-state index contributed by atoms with van der Waals surface area (Å²) >= 11 is 0. The third-order valence-corrected chi connectivity index (χ3v) is 0. The SMILES string of the molecule is CC(=O)O.CC(=O)O.N.N.OO. The molecule has 0 radical (unpaired) electrons. The van der Waals surface area contributed by atoms with Gasteiger partial charge in [0.2, 0.25) is 0 Å². The zero-order chi connectivity index (χ0) is 9.15. The van der Waals surface area contributed by atoms with E-state index >= 15 is 0 Å². The van der Waals surface area contributed by atoms with Crippen LogP contribution in [0, 0.1) is 0 Å². The predicted molar refractivity (Wildman–Crippen MR) is 41.9 cm³/mol. The van der Waals surface area contributed by atoms with Crippen molar-refractivity contribution in [2.75, 3.05) is 0 Å². The van der Waals surface area contributed by atoms with E-state index in [1.165, 1.54) is 0 Å². The van der Waals surface area contributed by atoms with Gasteiger partial charge in [0.1, 0.15) is 0 Å². The maximum Gasteiger partial charge on any atom is 0.300 e. The van der Waals surface area contributed by atoms with Crippen LogP contribution in [-0.4, -0.2) is 32.7 Å². The molecule has 0 rings (SSSR count). The zero-order valence-corrected chi connectivity index (χ0v) is 7.02. The Bertz CT molecular complexity index is 75.5. The molecule has 0 saturated heterocycles. The number of carboxylic acids is 2. The second-order valence-electron chi connectivity index (χ2n) is 1.04. The molecule has 10 N–H and O–H groups in total. The summed E-state index contributed by atoms with van der Waals surface area (Å²) in [6.45, 7) is 2.17. The summed E-state index contributed by atoms with van der Waals surface area (Å²) in [6.07, 6.45) is 0. The number of aliphatic carboxylic acids is 2. The fourth-order valence-corrected chi connectivity index (χ4v) is 0. The molecule has 0 aromatic carbocycles. The lowest BCUT2D eigenvalue weighted by Gasteiger charge is -1.59. The van der Waals surface area contributed by atoms with Crippen LogP contribution in [0.15, 0.2) is 0 Å². The molecule has 8 nitrogen and oxygen atoms in total. The molecule has 12 heavy (non-hydrogen) atoms. The van der Waals surface area contributed by atoms with E-state index in [9.17, 15) is 0 Å². The molecule has 0 aliphatic rings. The summed E-state index contributed by atoms with van der Waals surface area (Å²) in [6, 6.07) is 0. The Morgan fingerprint density at radius 3 is 0.833 bits per heavy atom. The fraction of sp³-hybridized carbons (Fsp3) is 0.500. The van der Waals surface area contributed by atoms with Crippen molar-refractivity contribution in [3.05, 3.63) is 0 Å². The number of hydrogen-bond donors (Lipinski definition) is 6. The summed E-state index contributed by atoms with van der Waals surface area (Å²) in [5.74, 6) is -1.67. The molecular formula is C4H16N2O6. The Hall–Kier alpha value is -1.22. The molecule has 0 aromatic rings. The first-order valence-corrected chi connectivity index (χ1v) is 2.06. The van der Waals surface area contributed by atoms with Gasteiger partial charge in [0, 0.05) is 13.8 Å². The molecule has 0 aromatic heterocycles. The second kappa shape index (κ2) is 33.0. The van der Waals surface area contributed by atoms with Gasteiger partial charge < -0.3 is 22.5 Å². The van der Waals surface area contributed by atoms with Gasteiger partial charge in [-0.3, -0.25) is 20.1 Å². The van der Waals surface area contributed by atoms with Crippen molar-refractivity contribution in [3.63, 3.8) is 0 Å². The molecule has 8 heteroatoms. The summed E-state index contributed by atoms with van der Waals surface area (Å²) in [5.41, 5.74) is 0. The minimum Gasteiger partial charge on any atom is -0.481 e. The molecule has 0 amide bonds. The van der Waals surface area contributed by atoms with Crippen molar-refractivity contribution in [2.24, 2.45) is 0 Å². The molecule has 0 bridgehead atoms. The van der Waals surface area contributed by atoms with Gasteiger partial charge in [-0.15, -0.1) is 0 Å². The molecule has 0 aliphatic carbocycles. The van der Waals surface area contributed by atoms with Crippen LogP contribution in [0.4, 0.5) is 0 Å². The van der Waals surface area contributed by atoms with Gasteiger partial charge in [0.15, 0.2) is 0 Å². The standard InChI is InChI=1S/2C2H4O2.2H3N.H2O2/c2*1-2(3)4;;;1-2/h2*1H3,(H,3,4);2*1H3;1-2H. The fourth-order valence-electron chi connectivity index (χ4n) is 0. The molecule has 0 spiro atoms. The lowest BCUT2D eigenvalue weighted by Crippen LogP contribution is -1.78. The van der Waals surface area contributed by atoms with E-state index in [-0.39, 0.29) is 12.3 Å². The van der Waals surface area contributed by atoms with Crippen LogP contribution in [0.25, 0.3) is 0 Å². The maximum absolute atomic E-state index is 9.00. The number of carbonyl (C=O) groups is 2. The van der Waals surface area contributed by atoms with Gasteiger partial charge in [-0.1, -0.05) is 0 Å². The summed E-state index contributed by atoms with van der Waals surface area (Å²) < 4.78 is 0. The summed E-state index contributed by atoms with van der Waals surface area (Å²) in [5, 5.41) is 26.8. The Balaban J connectivity index is -0.0000000198. The highest BCUT2D eigenvalue weighted by molar-refractivity contribution is 5.63. The average Bonchev–Trinajstić information content (AvgIpc) is 1.66. The first-order chi connectivity index (χ1) is 4.46. The second-order valence-corrected chi connectivity index (χ2v) is 1.04. The molecule has 0 unspecified atom stereocenters. The van der Waals surface area contributed by atoms with Crippen LogP contribution in [0.5, 0.6) is 0 Å². The molecular weight excluding hydrogens is 172 g/mol. The van der Waals surface area contributed by atoms with E-state index in [0.717, 1.165) is 13.8 Å². The van der Waals surface area contributed by atoms with E-state index < -0.39 is 11.9 Å². The summed E-state index contributed by atoms with van der Waals surface area (Å²) in [4.78, 5) is 18.0. The lowest BCUT2D eigenvalue weighted by molar-refractivity contribution is -0.176. The molecule has 0 fully saturated rings. The van der Waals surface area contributed by atoms with Gasteiger partial charge >= 0.3 is 0 Å². The molecule has 0 aliphatic heterocycles. The minimum atomic E-state index is -0.833. The Morgan fingerprint density at radius 2 is 0.833 bits per heavy atom. The molecule has 0 heterocycles. The van der Waals surface area contributed by atoms with Crippen molar-refractivity contribution in [1.29, 1.82) is 0 Å². The van der Waals surface area contributed by atoms with Crippen molar-refractivity contribution in [2.45, 2.75) is 13.8 Å². The van der Waals surface area contributed by atoms with Gasteiger partial charge in [-0.25, -0.2) is 0 Å². The molecule has 78 valence electrons. The van der Waals surface area contributed by atoms with E-state index in [0.29, 0.717) is 0 Å². The highest BCUT2D eigenvalue weighted by atomic mass is 17.0. The van der Waals surface area contributed by atoms with Gasteiger partial charge in [0.25, 0.3) is 11.9 Å². The highest BCUT2D eigenvalue weighted by Crippen LogP contribution is 1.42. The van der Waals surface area contributed by atoms with Crippen molar-refractivity contribution >= 4 is 11.9 Å². The Morgan fingerprint density at radius 1 is 0.833 bits per heavy atom. The smallest absolute Gasteiger partial charge is 0.300 e. The minimum absolute atomic E-state index is 0. The number of hydrogen-bond acceptors (Lipinski definition) is 6. The Kier molecular flexibility index (Phi) is 84.9.